The molecule has 0 bridgehead atoms. The minimum absolute atomic E-state index is 0. The molecule has 2 saturated carbocycles. The van der Waals surface area contributed by atoms with Crippen LogP contribution >= 0.6 is 0 Å². The Kier molecular flexibility index (Phi) is 5.80. The number of sulfonamides is 1. The molecule has 6 rings (SSSR count). The number of hydrogen-bond acceptors (Lipinski definition) is 6. The summed E-state index contributed by atoms with van der Waals surface area (Å²) in [6, 6.07) is 18.2. The molecular formula is C28H30N2O5S. The summed E-state index contributed by atoms with van der Waals surface area (Å²) in [5.41, 5.74) is 2.70. The fourth-order valence-electron chi connectivity index (χ4n) is 5.26. The SMILES string of the molecule is O=C(Cc1cccc(-c2ccc(S(=O)(=O)NC3CCCC3)cc2)n1)C1(c2ccc3c(c2)OCO3)CC1.[HH]. The van der Waals surface area contributed by atoms with Gasteiger partial charge in [-0.3, -0.25) is 9.78 Å². The van der Waals surface area contributed by atoms with Crippen LogP contribution in [0.15, 0.2) is 65.6 Å². The summed E-state index contributed by atoms with van der Waals surface area (Å²) in [5.74, 6) is 1.55. The molecule has 3 aromatic rings. The summed E-state index contributed by atoms with van der Waals surface area (Å²) in [5, 5.41) is 0. The number of fused-ring (bicyclic) bond motifs is 1. The van der Waals surface area contributed by atoms with Gasteiger partial charge in [0.05, 0.1) is 16.0 Å². The van der Waals surface area contributed by atoms with Crippen LogP contribution in [-0.2, 0) is 26.7 Å². The Morgan fingerprint density at radius 3 is 2.50 bits per heavy atom. The highest BCUT2D eigenvalue weighted by Gasteiger charge is 2.51. The standard InChI is InChI=1S/C28H28N2O5S.H2/c31-27(28(14-15-28)20-10-13-25-26(16-20)35-18-34-25)17-22-6-3-7-24(29-22)19-8-11-23(12-9-19)36(32,33)30-21-4-1-2-5-21;/h3,6-13,16,21,30H,1-2,4-5,14-15,17-18H2;1H. The monoisotopic (exact) mass is 506 g/mol. The topological polar surface area (TPSA) is 94.6 Å². The average Bonchev–Trinajstić information content (AvgIpc) is 3.29. The summed E-state index contributed by atoms with van der Waals surface area (Å²) in [6.07, 6.45) is 5.78. The van der Waals surface area contributed by atoms with Gasteiger partial charge < -0.3 is 9.47 Å². The molecule has 1 aliphatic heterocycles. The van der Waals surface area contributed by atoms with Crippen molar-refractivity contribution in [3.63, 3.8) is 0 Å². The van der Waals surface area contributed by atoms with Gasteiger partial charge in [0.25, 0.3) is 0 Å². The number of nitrogens with one attached hydrogen (secondary N) is 1. The lowest BCUT2D eigenvalue weighted by molar-refractivity contribution is -0.120. The van der Waals surface area contributed by atoms with E-state index in [4.69, 9.17) is 14.5 Å². The summed E-state index contributed by atoms with van der Waals surface area (Å²) in [7, 11) is -3.54. The van der Waals surface area contributed by atoms with Gasteiger partial charge in [0.2, 0.25) is 16.8 Å². The first-order valence-corrected chi connectivity index (χ1v) is 13.9. The third-order valence-corrected chi connectivity index (χ3v) is 9.03. The Labute approximate surface area is 212 Å². The number of carbonyl (C=O) groups is 1. The fourth-order valence-corrected chi connectivity index (χ4v) is 6.56. The van der Waals surface area contributed by atoms with Crippen molar-refractivity contribution in [2.45, 2.75) is 61.3 Å². The predicted octanol–water partition coefficient (Wildman–Crippen LogP) is 4.79. The lowest BCUT2D eigenvalue weighted by atomic mass is 9.88. The van der Waals surface area contributed by atoms with E-state index in [2.05, 4.69) is 4.72 Å². The van der Waals surface area contributed by atoms with Crippen molar-refractivity contribution in [3.8, 4) is 22.8 Å². The number of rotatable bonds is 8. The molecule has 2 heterocycles. The third kappa shape index (κ3) is 4.40. The van der Waals surface area contributed by atoms with E-state index in [0.29, 0.717) is 22.9 Å². The van der Waals surface area contributed by atoms with Gasteiger partial charge in [0.15, 0.2) is 11.5 Å². The first-order valence-electron chi connectivity index (χ1n) is 12.5. The molecule has 0 saturated heterocycles. The van der Waals surface area contributed by atoms with Crippen LogP contribution in [0.3, 0.4) is 0 Å². The molecule has 0 atom stereocenters. The Morgan fingerprint density at radius 2 is 1.75 bits per heavy atom. The quantitative estimate of drug-likeness (QED) is 0.472. The molecule has 0 spiro atoms. The summed E-state index contributed by atoms with van der Waals surface area (Å²) >= 11 is 0. The van der Waals surface area contributed by atoms with Crippen molar-refractivity contribution in [1.29, 1.82) is 0 Å². The Balaban J connectivity index is 0.00000280. The number of benzene rings is 2. The highest BCUT2D eigenvalue weighted by atomic mass is 32.2. The van der Waals surface area contributed by atoms with Crippen LogP contribution in [0.4, 0.5) is 0 Å². The highest BCUT2D eigenvalue weighted by molar-refractivity contribution is 7.89. The zero-order chi connectivity index (χ0) is 24.8. The van der Waals surface area contributed by atoms with E-state index >= 15 is 0 Å². The lowest BCUT2D eigenvalue weighted by Gasteiger charge is -2.15. The van der Waals surface area contributed by atoms with Crippen LogP contribution in [0.2, 0.25) is 0 Å². The lowest BCUT2D eigenvalue weighted by Crippen LogP contribution is -2.32. The van der Waals surface area contributed by atoms with Crippen molar-refractivity contribution in [2.24, 2.45) is 0 Å². The van der Waals surface area contributed by atoms with Gasteiger partial charge in [-0.1, -0.05) is 37.1 Å². The van der Waals surface area contributed by atoms with Crippen LogP contribution in [0.1, 0.15) is 51.2 Å². The van der Waals surface area contributed by atoms with Crippen molar-refractivity contribution in [1.82, 2.24) is 9.71 Å². The Bertz CT molecular complexity index is 1410. The van der Waals surface area contributed by atoms with E-state index in [0.717, 1.165) is 49.7 Å². The van der Waals surface area contributed by atoms with E-state index in [1.165, 1.54) is 0 Å². The molecule has 0 amide bonds. The van der Waals surface area contributed by atoms with Gasteiger partial charge in [0.1, 0.15) is 5.78 Å². The number of nitrogens with zero attached hydrogens (tertiary/aromatic N) is 1. The van der Waals surface area contributed by atoms with E-state index in [9.17, 15) is 13.2 Å². The van der Waals surface area contributed by atoms with E-state index in [-0.39, 0.29) is 31.4 Å². The number of ketones is 1. The van der Waals surface area contributed by atoms with E-state index in [1.807, 2.05) is 36.4 Å². The number of aromatic nitrogens is 1. The Morgan fingerprint density at radius 1 is 1.00 bits per heavy atom. The van der Waals surface area contributed by atoms with Crippen LogP contribution in [-0.4, -0.2) is 32.0 Å². The van der Waals surface area contributed by atoms with Gasteiger partial charge in [-0.25, -0.2) is 13.1 Å². The molecule has 2 aliphatic carbocycles. The number of hydrogen-bond donors (Lipinski definition) is 1. The predicted molar refractivity (Wildman–Crippen MR) is 137 cm³/mol. The van der Waals surface area contributed by atoms with Crippen LogP contribution in [0, 0.1) is 0 Å². The summed E-state index contributed by atoms with van der Waals surface area (Å²) in [6.45, 7) is 0.209. The van der Waals surface area contributed by atoms with Gasteiger partial charge in [0, 0.05) is 25.1 Å². The van der Waals surface area contributed by atoms with E-state index < -0.39 is 15.4 Å². The van der Waals surface area contributed by atoms with Crippen molar-refractivity contribution >= 4 is 15.8 Å². The minimum Gasteiger partial charge on any atom is -0.454 e. The molecule has 1 aromatic heterocycles. The molecule has 0 unspecified atom stereocenters. The van der Waals surface area contributed by atoms with Crippen molar-refractivity contribution in [3.05, 3.63) is 71.9 Å². The molecular weight excluding hydrogens is 476 g/mol. The molecule has 2 aromatic carbocycles. The number of carbonyl (C=O) groups excluding carboxylic acids is 1. The molecule has 188 valence electrons. The molecule has 1 N–H and O–H groups in total. The van der Waals surface area contributed by atoms with Gasteiger partial charge in [-0.2, -0.15) is 0 Å². The fraction of sp³-hybridized carbons (Fsp3) is 0.357. The second-order valence-electron chi connectivity index (χ2n) is 9.89. The second kappa shape index (κ2) is 9.01. The molecule has 0 radical (unpaired) electrons. The van der Waals surface area contributed by atoms with Gasteiger partial charge >= 0.3 is 0 Å². The van der Waals surface area contributed by atoms with Crippen molar-refractivity contribution < 1.29 is 24.1 Å². The largest absolute Gasteiger partial charge is 0.454 e. The number of ether oxygens (including phenoxy) is 2. The van der Waals surface area contributed by atoms with Crippen LogP contribution in [0.5, 0.6) is 11.5 Å². The maximum absolute atomic E-state index is 13.4. The molecule has 36 heavy (non-hydrogen) atoms. The van der Waals surface area contributed by atoms with Crippen LogP contribution in [0.25, 0.3) is 11.3 Å². The number of pyridine rings is 1. The minimum atomic E-state index is -3.54. The Hall–Kier alpha value is -3.23. The first kappa shape index (κ1) is 23.2. The molecule has 7 nitrogen and oxygen atoms in total. The van der Waals surface area contributed by atoms with Gasteiger partial charge in [-0.15, -0.1) is 0 Å². The van der Waals surface area contributed by atoms with Crippen molar-refractivity contribution in [2.75, 3.05) is 6.79 Å². The second-order valence-corrected chi connectivity index (χ2v) is 11.6. The molecule has 8 heteroatoms. The smallest absolute Gasteiger partial charge is 0.240 e. The third-order valence-electron chi connectivity index (χ3n) is 7.49. The summed E-state index contributed by atoms with van der Waals surface area (Å²) in [4.78, 5) is 18.3. The average molecular weight is 507 g/mol. The molecule has 2 fully saturated rings. The maximum Gasteiger partial charge on any atom is 0.240 e. The summed E-state index contributed by atoms with van der Waals surface area (Å²) < 4.78 is 39.1. The van der Waals surface area contributed by atoms with Gasteiger partial charge in [-0.05, 0) is 67.6 Å². The maximum atomic E-state index is 13.4. The molecule has 3 aliphatic rings. The highest BCUT2D eigenvalue weighted by Crippen LogP contribution is 2.51. The normalized spacial score (nSPS) is 18.3. The number of Topliss-reactive ketones (excluding diaryl/α,β-unsaturated/α-hetero) is 1. The zero-order valence-electron chi connectivity index (χ0n) is 19.9. The van der Waals surface area contributed by atoms with Crippen LogP contribution < -0.4 is 14.2 Å². The zero-order valence-corrected chi connectivity index (χ0v) is 20.7. The van der Waals surface area contributed by atoms with E-state index in [1.54, 1.807) is 24.3 Å². The first-order chi connectivity index (χ1) is 17.4.